The monoisotopic (exact) mass is 218 g/mol. The van der Waals surface area contributed by atoms with Crippen molar-refractivity contribution in [3.8, 4) is 0 Å². The molecule has 15 heavy (non-hydrogen) atoms. The van der Waals surface area contributed by atoms with Crippen LogP contribution in [0.3, 0.4) is 0 Å². The Morgan fingerprint density at radius 2 is 1.87 bits per heavy atom. The second-order valence-corrected chi connectivity index (χ2v) is 3.82. The molecule has 0 heterocycles. The van der Waals surface area contributed by atoms with Crippen LogP contribution in [0.15, 0.2) is 18.2 Å². The summed E-state index contributed by atoms with van der Waals surface area (Å²) in [6, 6.07) is 3.60. The van der Waals surface area contributed by atoms with Gasteiger partial charge in [0, 0.05) is 6.42 Å². The highest BCUT2D eigenvalue weighted by molar-refractivity contribution is 5.35. The second-order valence-electron chi connectivity index (χ2n) is 3.82. The molecule has 0 amide bonds. The highest BCUT2D eigenvalue weighted by Crippen LogP contribution is 2.33. The molecule has 1 unspecified atom stereocenters. The Hall–Kier alpha value is -1.06. The zero-order valence-corrected chi connectivity index (χ0v) is 7.94. The normalized spacial score (nSPS) is 21.2. The van der Waals surface area contributed by atoms with E-state index in [1.54, 1.807) is 0 Å². The molecule has 0 fully saturated rings. The lowest BCUT2D eigenvalue weighted by molar-refractivity contribution is -0.137. The lowest BCUT2D eigenvalue weighted by Gasteiger charge is -2.20. The third-order valence-electron chi connectivity index (χ3n) is 2.70. The van der Waals surface area contributed by atoms with Crippen molar-refractivity contribution in [3.05, 3.63) is 34.9 Å². The van der Waals surface area contributed by atoms with Crippen LogP contribution in [0, 0.1) is 0 Å². The minimum absolute atomic E-state index is 0.110. The molecule has 0 N–H and O–H groups in total. The average molecular weight is 218 g/mol. The molecule has 4 heteroatoms. The van der Waals surface area contributed by atoms with Gasteiger partial charge >= 0.3 is 6.18 Å². The predicted molar refractivity (Wildman–Crippen MR) is 48.4 cm³/mol. The standard InChI is InChI=1S/C11H10F4/c12-10-4-2-7-1-3-9(11(13,14)15)5-8(7)6-10/h1,3,5,10H,2,4,6H2. The number of benzene rings is 1. The summed E-state index contributed by atoms with van der Waals surface area (Å²) in [6.07, 6.45) is -4.27. The Labute approximate surface area is 84.9 Å². The maximum Gasteiger partial charge on any atom is 0.416 e. The molecule has 0 bridgehead atoms. The fraction of sp³-hybridized carbons (Fsp3) is 0.455. The summed E-state index contributed by atoms with van der Waals surface area (Å²) in [5.41, 5.74) is 0.663. The minimum Gasteiger partial charge on any atom is -0.247 e. The van der Waals surface area contributed by atoms with Crippen LogP contribution in [0.4, 0.5) is 17.6 Å². The summed E-state index contributed by atoms with van der Waals surface area (Å²) in [7, 11) is 0. The van der Waals surface area contributed by atoms with Crippen LogP contribution in [0.5, 0.6) is 0 Å². The molecule has 0 radical (unpaired) electrons. The first kappa shape index (κ1) is 10.5. The zero-order valence-electron chi connectivity index (χ0n) is 7.94. The molecule has 1 aliphatic carbocycles. The van der Waals surface area contributed by atoms with Gasteiger partial charge in [-0.05, 0) is 36.1 Å². The van der Waals surface area contributed by atoms with Crippen LogP contribution < -0.4 is 0 Å². The van der Waals surface area contributed by atoms with E-state index in [0.29, 0.717) is 18.4 Å². The first-order valence-electron chi connectivity index (χ1n) is 4.80. The van der Waals surface area contributed by atoms with E-state index in [1.165, 1.54) is 6.07 Å². The maximum absolute atomic E-state index is 13.0. The van der Waals surface area contributed by atoms with E-state index in [-0.39, 0.29) is 6.42 Å². The number of hydrogen-bond donors (Lipinski definition) is 0. The molecule has 0 saturated carbocycles. The number of fused-ring (bicyclic) bond motifs is 1. The van der Waals surface area contributed by atoms with Crippen molar-refractivity contribution in [3.63, 3.8) is 0 Å². The number of rotatable bonds is 0. The number of alkyl halides is 4. The summed E-state index contributed by atoms with van der Waals surface area (Å²) in [5, 5.41) is 0. The van der Waals surface area contributed by atoms with Crippen LogP contribution in [0.25, 0.3) is 0 Å². The molecule has 82 valence electrons. The Morgan fingerprint density at radius 1 is 1.13 bits per heavy atom. The van der Waals surface area contributed by atoms with Crippen molar-refractivity contribution in [2.75, 3.05) is 0 Å². The topological polar surface area (TPSA) is 0 Å². The van der Waals surface area contributed by atoms with Crippen LogP contribution >= 0.6 is 0 Å². The maximum atomic E-state index is 13.0. The fourth-order valence-electron chi connectivity index (χ4n) is 1.89. The number of hydrogen-bond acceptors (Lipinski definition) is 0. The van der Waals surface area contributed by atoms with E-state index in [9.17, 15) is 17.6 Å². The van der Waals surface area contributed by atoms with Gasteiger partial charge < -0.3 is 0 Å². The van der Waals surface area contributed by atoms with E-state index >= 15 is 0 Å². The van der Waals surface area contributed by atoms with E-state index in [0.717, 1.165) is 17.7 Å². The van der Waals surface area contributed by atoms with Gasteiger partial charge in [0.1, 0.15) is 6.17 Å². The Balaban J connectivity index is 2.37. The Morgan fingerprint density at radius 3 is 2.53 bits per heavy atom. The smallest absolute Gasteiger partial charge is 0.247 e. The molecule has 0 spiro atoms. The van der Waals surface area contributed by atoms with Crippen LogP contribution in [-0.2, 0) is 19.0 Å². The van der Waals surface area contributed by atoms with Crippen LogP contribution in [0.1, 0.15) is 23.1 Å². The Kier molecular flexibility index (Phi) is 2.44. The van der Waals surface area contributed by atoms with Gasteiger partial charge in [-0.15, -0.1) is 0 Å². The van der Waals surface area contributed by atoms with Crippen molar-refractivity contribution in [1.29, 1.82) is 0 Å². The third-order valence-corrected chi connectivity index (χ3v) is 2.70. The van der Waals surface area contributed by atoms with Crippen LogP contribution in [-0.4, -0.2) is 6.17 Å². The number of halogens is 4. The van der Waals surface area contributed by atoms with Crippen LogP contribution in [0.2, 0.25) is 0 Å². The third kappa shape index (κ3) is 2.13. The molecule has 1 aromatic rings. The minimum atomic E-state index is -4.34. The molecule has 1 aliphatic rings. The molecular formula is C11H10F4. The molecule has 0 aliphatic heterocycles. The van der Waals surface area contributed by atoms with E-state index < -0.39 is 17.9 Å². The van der Waals surface area contributed by atoms with Gasteiger partial charge in [0.25, 0.3) is 0 Å². The molecular weight excluding hydrogens is 208 g/mol. The molecule has 1 atom stereocenters. The van der Waals surface area contributed by atoms with Gasteiger partial charge in [-0.1, -0.05) is 6.07 Å². The molecule has 0 aromatic heterocycles. The van der Waals surface area contributed by atoms with Crippen molar-refractivity contribution < 1.29 is 17.6 Å². The fourth-order valence-corrected chi connectivity index (χ4v) is 1.89. The van der Waals surface area contributed by atoms with E-state index in [2.05, 4.69) is 0 Å². The second kappa shape index (κ2) is 3.51. The lowest BCUT2D eigenvalue weighted by Crippen LogP contribution is -2.16. The quantitative estimate of drug-likeness (QED) is 0.584. The highest BCUT2D eigenvalue weighted by atomic mass is 19.4. The van der Waals surface area contributed by atoms with Gasteiger partial charge in [-0.2, -0.15) is 13.2 Å². The lowest BCUT2D eigenvalue weighted by atomic mass is 9.89. The first-order valence-corrected chi connectivity index (χ1v) is 4.80. The van der Waals surface area contributed by atoms with Gasteiger partial charge in [0.2, 0.25) is 0 Å². The molecule has 0 saturated heterocycles. The summed E-state index contributed by atoms with van der Waals surface area (Å²) in [5.74, 6) is 0. The molecule has 2 rings (SSSR count). The van der Waals surface area contributed by atoms with Crippen molar-refractivity contribution in [1.82, 2.24) is 0 Å². The van der Waals surface area contributed by atoms with Crippen molar-refractivity contribution in [2.24, 2.45) is 0 Å². The molecule has 1 aromatic carbocycles. The van der Waals surface area contributed by atoms with Gasteiger partial charge in [0.15, 0.2) is 0 Å². The molecule has 0 nitrogen and oxygen atoms in total. The largest absolute Gasteiger partial charge is 0.416 e. The van der Waals surface area contributed by atoms with E-state index in [1.807, 2.05) is 0 Å². The first-order chi connectivity index (χ1) is 6.97. The summed E-state index contributed by atoms with van der Waals surface area (Å²) >= 11 is 0. The van der Waals surface area contributed by atoms with Crippen molar-refractivity contribution >= 4 is 0 Å². The van der Waals surface area contributed by atoms with E-state index in [4.69, 9.17) is 0 Å². The summed E-state index contributed by atoms with van der Waals surface area (Å²) < 4.78 is 50.1. The summed E-state index contributed by atoms with van der Waals surface area (Å²) in [4.78, 5) is 0. The Bertz CT molecular complexity index is 367. The highest BCUT2D eigenvalue weighted by Gasteiger charge is 2.31. The number of aryl methyl sites for hydroxylation is 1. The predicted octanol–water partition coefficient (Wildman–Crippen LogP) is 3.53. The average Bonchev–Trinajstić information content (AvgIpc) is 2.15. The summed E-state index contributed by atoms with van der Waals surface area (Å²) in [6.45, 7) is 0. The van der Waals surface area contributed by atoms with Crippen molar-refractivity contribution in [2.45, 2.75) is 31.6 Å². The zero-order chi connectivity index (χ0) is 11.1. The SMILES string of the molecule is FC1CCc2ccc(C(F)(F)F)cc2C1. The van der Waals surface area contributed by atoms with Gasteiger partial charge in [-0.25, -0.2) is 4.39 Å². The van der Waals surface area contributed by atoms with Gasteiger partial charge in [-0.3, -0.25) is 0 Å². The van der Waals surface area contributed by atoms with Gasteiger partial charge in [0.05, 0.1) is 5.56 Å².